The average Bonchev–Trinajstić information content (AvgIpc) is 3.12. The summed E-state index contributed by atoms with van der Waals surface area (Å²) in [6.45, 7) is 3.93. The molecule has 1 atom stereocenters. The second-order valence-electron chi connectivity index (χ2n) is 6.15. The van der Waals surface area contributed by atoms with Crippen LogP contribution in [0, 0.1) is 5.92 Å². The summed E-state index contributed by atoms with van der Waals surface area (Å²) in [6, 6.07) is 13.8. The second kappa shape index (κ2) is 7.89. The Labute approximate surface area is 161 Å². The Balaban J connectivity index is 1.82. The van der Waals surface area contributed by atoms with E-state index in [1.165, 1.54) is 6.07 Å². The van der Waals surface area contributed by atoms with Crippen LogP contribution in [0.5, 0.6) is 0 Å². The summed E-state index contributed by atoms with van der Waals surface area (Å²) in [5, 5.41) is 7.66. The number of amides is 1. The molecule has 0 unspecified atom stereocenters. The molecule has 3 aromatic rings. The first-order valence-corrected chi connectivity index (χ1v) is 8.86. The van der Waals surface area contributed by atoms with E-state index in [1.807, 2.05) is 44.2 Å². The zero-order valence-corrected chi connectivity index (χ0v) is 15.8. The Morgan fingerprint density at radius 2 is 1.81 bits per heavy atom. The predicted octanol–water partition coefficient (Wildman–Crippen LogP) is 5.17. The minimum atomic E-state index is -0.429. The number of hydrogen-bond donors (Lipinski definition) is 1. The quantitative estimate of drug-likeness (QED) is 0.653. The standard InChI is InChI=1S/C19H17Cl2N3O2/c1-11(2)16(22-18(25)13-8-9-14(20)15(21)10-13)19-23-17(24-26-19)12-6-4-3-5-7-12/h3-11,16H,1-2H3,(H,22,25)/t16-/m0/s1. The Hall–Kier alpha value is -2.37. The molecule has 7 heteroatoms. The molecule has 0 radical (unpaired) electrons. The summed E-state index contributed by atoms with van der Waals surface area (Å²) in [6.07, 6.45) is 0. The molecule has 5 nitrogen and oxygen atoms in total. The maximum absolute atomic E-state index is 12.6. The van der Waals surface area contributed by atoms with Gasteiger partial charge < -0.3 is 9.84 Å². The van der Waals surface area contributed by atoms with E-state index in [0.29, 0.717) is 27.3 Å². The highest BCUT2D eigenvalue weighted by atomic mass is 35.5. The number of rotatable bonds is 5. The van der Waals surface area contributed by atoms with Crippen molar-refractivity contribution in [2.24, 2.45) is 5.92 Å². The van der Waals surface area contributed by atoms with Crippen molar-refractivity contribution in [2.45, 2.75) is 19.9 Å². The fourth-order valence-corrected chi connectivity index (χ4v) is 2.74. The third-order valence-electron chi connectivity index (χ3n) is 3.87. The molecular weight excluding hydrogens is 373 g/mol. The van der Waals surface area contributed by atoms with Crippen molar-refractivity contribution in [3.05, 3.63) is 70.0 Å². The Morgan fingerprint density at radius 1 is 1.08 bits per heavy atom. The molecule has 1 amide bonds. The van der Waals surface area contributed by atoms with Gasteiger partial charge >= 0.3 is 0 Å². The first-order valence-electron chi connectivity index (χ1n) is 8.10. The van der Waals surface area contributed by atoms with Crippen LogP contribution in [0.4, 0.5) is 0 Å². The van der Waals surface area contributed by atoms with E-state index >= 15 is 0 Å². The van der Waals surface area contributed by atoms with Crippen molar-refractivity contribution in [3.63, 3.8) is 0 Å². The van der Waals surface area contributed by atoms with Crippen LogP contribution in [0.3, 0.4) is 0 Å². The van der Waals surface area contributed by atoms with E-state index in [9.17, 15) is 4.79 Å². The number of benzene rings is 2. The van der Waals surface area contributed by atoms with Gasteiger partial charge in [0.2, 0.25) is 11.7 Å². The second-order valence-corrected chi connectivity index (χ2v) is 6.96. The number of nitrogens with one attached hydrogen (secondary N) is 1. The van der Waals surface area contributed by atoms with Crippen LogP contribution in [0.15, 0.2) is 53.1 Å². The number of carbonyl (C=O) groups excluding carboxylic acids is 1. The van der Waals surface area contributed by atoms with Gasteiger partial charge in [0.25, 0.3) is 5.91 Å². The number of halogens is 2. The Bertz CT molecular complexity index is 910. The summed E-state index contributed by atoms with van der Waals surface area (Å²) >= 11 is 11.9. The van der Waals surface area contributed by atoms with Crippen molar-refractivity contribution < 1.29 is 9.32 Å². The number of nitrogens with zero attached hydrogens (tertiary/aromatic N) is 2. The molecule has 0 spiro atoms. The molecule has 2 aromatic carbocycles. The van der Waals surface area contributed by atoms with Crippen LogP contribution in [-0.4, -0.2) is 16.0 Å². The minimum Gasteiger partial charge on any atom is -0.340 e. The first kappa shape index (κ1) is 18.4. The van der Waals surface area contributed by atoms with E-state index in [2.05, 4.69) is 15.5 Å². The topological polar surface area (TPSA) is 68.0 Å². The van der Waals surface area contributed by atoms with Crippen molar-refractivity contribution in [1.82, 2.24) is 15.5 Å². The van der Waals surface area contributed by atoms with Gasteiger partial charge in [0.15, 0.2) is 0 Å². The fourth-order valence-electron chi connectivity index (χ4n) is 2.44. The lowest BCUT2D eigenvalue weighted by molar-refractivity contribution is 0.0914. The molecule has 0 saturated heterocycles. The maximum Gasteiger partial charge on any atom is 0.251 e. The summed E-state index contributed by atoms with van der Waals surface area (Å²) in [7, 11) is 0. The smallest absolute Gasteiger partial charge is 0.251 e. The minimum absolute atomic E-state index is 0.0470. The molecule has 0 fully saturated rings. The molecule has 0 saturated carbocycles. The fraction of sp³-hybridized carbons (Fsp3) is 0.211. The molecule has 0 aliphatic heterocycles. The molecule has 1 aromatic heterocycles. The van der Waals surface area contributed by atoms with Gasteiger partial charge in [-0.2, -0.15) is 4.98 Å². The van der Waals surface area contributed by atoms with Gasteiger partial charge in [-0.1, -0.05) is 72.5 Å². The normalized spacial score (nSPS) is 12.2. The molecule has 3 rings (SSSR count). The van der Waals surface area contributed by atoms with Crippen molar-refractivity contribution in [2.75, 3.05) is 0 Å². The van der Waals surface area contributed by atoms with E-state index in [4.69, 9.17) is 27.7 Å². The highest BCUT2D eigenvalue weighted by Gasteiger charge is 2.25. The van der Waals surface area contributed by atoms with E-state index in [0.717, 1.165) is 5.56 Å². The Kier molecular flexibility index (Phi) is 5.59. The van der Waals surface area contributed by atoms with Crippen LogP contribution < -0.4 is 5.32 Å². The zero-order chi connectivity index (χ0) is 18.7. The van der Waals surface area contributed by atoms with Crippen molar-refractivity contribution in [3.8, 4) is 11.4 Å². The van der Waals surface area contributed by atoms with E-state index in [-0.39, 0.29) is 11.8 Å². The van der Waals surface area contributed by atoms with Crippen molar-refractivity contribution in [1.29, 1.82) is 0 Å². The lowest BCUT2D eigenvalue weighted by Crippen LogP contribution is -2.32. The van der Waals surface area contributed by atoms with Crippen LogP contribution in [0.25, 0.3) is 11.4 Å². The van der Waals surface area contributed by atoms with Gasteiger partial charge in [-0.3, -0.25) is 4.79 Å². The van der Waals surface area contributed by atoms with Crippen LogP contribution in [-0.2, 0) is 0 Å². The predicted molar refractivity (Wildman–Crippen MR) is 101 cm³/mol. The highest BCUT2D eigenvalue weighted by molar-refractivity contribution is 6.42. The van der Waals surface area contributed by atoms with E-state index < -0.39 is 6.04 Å². The number of hydrogen-bond acceptors (Lipinski definition) is 4. The highest BCUT2D eigenvalue weighted by Crippen LogP contribution is 2.26. The van der Waals surface area contributed by atoms with E-state index in [1.54, 1.807) is 12.1 Å². The van der Waals surface area contributed by atoms with Crippen LogP contribution >= 0.6 is 23.2 Å². The van der Waals surface area contributed by atoms with Crippen LogP contribution in [0.1, 0.15) is 36.1 Å². The SMILES string of the molecule is CC(C)[C@H](NC(=O)c1ccc(Cl)c(Cl)c1)c1nc(-c2ccccc2)no1. The molecular formula is C19H17Cl2N3O2. The maximum atomic E-state index is 12.6. The zero-order valence-electron chi connectivity index (χ0n) is 14.2. The van der Waals surface area contributed by atoms with Gasteiger partial charge in [0.1, 0.15) is 6.04 Å². The largest absolute Gasteiger partial charge is 0.340 e. The summed E-state index contributed by atoms with van der Waals surface area (Å²) < 4.78 is 5.40. The Morgan fingerprint density at radius 3 is 2.46 bits per heavy atom. The summed E-state index contributed by atoms with van der Waals surface area (Å²) in [5.41, 5.74) is 1.26. The average molecular weight is 390 g/mol. The van der Waals surface area contributed by atoms with Gasteiger partial charge in [-0.25, -0.2) is 0 Å². The molecule has 134 valence electrons. The molecule has 1 N–H and O–H groups in total. The number of carbonyl (C=O) groups is 1. The molecule has 0 aliphatic carbocycles. The monoisotopic (exact) mass is 389 g/mol. The third-order valence-corrected chi connectivity index (χ3v) is 4.61. The summed E-state index contributed by atoms with van der Waals surface area (Å²) in [4.78, 5) is 17.0. The molecule has 26 heavy (non-hydrogen) atoms. The number of aromatic nitrogens is 2. The molecule has 0 aliphatic rings. The molecule has 1 heterocycles. The summed E-state index contributed by atoms with van der Waals surface area (Å²) in [5.74, 6) is 0.592. The molecule has 0 bridgehead atoms. The van der Waals surface area contributed by atoms with Gasteiger partial charge in [-0.05, 0) is 24.1 Å². The first-order chi connectivity index (χ1) is 12.5. The lowest BCUT2D eigenvalue weighted by atomic mass is 10.0. The lowest BCUT2D eigenvalue weighted by Gasteiger charge is -2.18. The van der Waals surface area contributed by atoms with Crippen LogP contribution in [0.2, 0.25) is 10.0 Å². The van der Waals surface area contributed by atoms with Crippen molar-refractivity contribution >= 4 is 29.1 Å². The van der Waals surface area contributed by atoms with Gasteiger partial charge in [0, 0.05) is 11.1 Å². The van der Waals surface area contributed by atoms with Gasteiger partial charge in [0.05, 0.1) is 10.0 Å². The third kappa shape index (κ3) is 4.06. The van der Waals surface area contributed by atoms with Gasteiger partial charge in [-0.15, -0.1) is 0 Å².